The third kappa shape index (κ3) is 9.86. The second kappa shape index (κ2) is 17.5. The van der Waals surface area contributed by atoms with Gasteiger partial charge >= 0.3 is 12.1 Å². The number of hydrogen-bond donors (Lipinski definition) is 3. The molecular weight excluding hydrogens is 588 g/mol. The van der Waals surface area contributed by atoms with Gasteiger partial charge in [-0.3, -0.25) is 19.2 Å². The fourth-order valence-corrected chi connectivity index (χ4v) is 5.22. The fourth-order valence-electron chi connectivity index (χ4n) is 5.22. The van der Waals surface area contributed by atoms with Crippen LogP contribution < -0.4 is 10.2 Å². The summed E-state index contributed by atoms with van der Waals surface area (Å²) in [6, 6.07) is 9.91. The van der Waals surface area contributed by atoms with Crippen molar-refractivity contribution in [2.24, 2.45) is 0 Å². The van der Waals surface area contributed by atoms with E-state index in [2.05, 4.69) is 15.2 Å². The van der Waals surface area contributed by atoms with Crippen molar-refractivity contribution in [3.63, 3.8) is 0 Å². The zero-order valence-electron chi connectivity index (χ0n) is 25.5. The van der Waals surface area contributed by atoms with Crippen LogP contribution in [-0.2, 0) is 23.9 Å². The number of carboxylic acid groups (broad SMARTS) is 2. The van der Waals surface area contributed by atoms with E-state index in [0.717, 1.165) is 24.9 Å². The quantitative estimate of drug-likeness (QED) is 0.306. The Labute approximate surface area is 261 Å². The number of piperazine rings is 1. The van der Waals surface area contributed by atoms with E-state index in [9.17, 15) is 24.3 Å². The molecule has 2 fully saturated rings. The van der Waals surface area contributed by atoms with Gasteiger partial charge in [0.05, 0.1) is 19.3 Å². The number of ether oxygens (including phenoxy) is 2. The lowest BCUT2D eigenvalue weighted by molar-refractivity contribution is -0.138. The van der Waals surface area contributed by atoms with Crippen molar-refractivity contribution in [2.75, 3.05) is 57.9 Å². The van der Waals surface area contributed by atoms with Gasteiger partial charge in [-0.1, -0.05) is 30.3 Å². The lowest BCUT2D eigenvalue weighted by Gasteiger charge is -2.36. The summed E-state index contributed by atoms with van der Waals surface area (Å²) in [5, 5.41) is 18.9. The van der Waals surface area contributed by atoms with Gasteiger partial charge in [0.2, 0.25) is 5.91 Å². The number of nitrogens with zero attached hydrogens (tertiary/aromatic N) is 5. The maximum Gasteiger partial charge on any atom is 0.409 e. The van der Waals surface area contributed by atoms with Gasteiger partial charge in [-0.25, -0.2) is 14.8 Å². The topological polar surface area (TPSA) is 192 Å². The van der Waals surface area contributed by atoms with Crippen molar-refractivity contribution in [1.29, 1.82) is 0 Å². The van der Waals surface area contributed by atoms with Gasteiger partial charge in [0.15, 0.2) is 5.82 Å². The Morgan fingerprint density at radius 1 is 1.07 bits per heavy atom. The summed E-state index contributed by atoms with van der Waals surface area (Å²) < 4.78 is 10.4. The lowest BCUT2D eigenvalue weighted by atomic mass is 10.1. The van der Waals surface area contributed by atoms with E-state index >= 15 is 0 Å². The number of rotatable bonds is 11. The first-order valence-corrected chi connectivity index (χ1v) is 14.7. The molecule has 2 aliphatic rings. The van der Waals surface area contributed by atoms with Crippen LogP contribution in [-0.4, -0.2) is 125 Å². The summed E-state index contributed by atoms with van der Waals surface area (Å²) in [7, 11) is 1.65. The molecule has 4 rings (SSSR count). The molecule has 15 heteroatoms. The van der Waals surface area contributed by atoms with Crippen LogP contribution in [0, 0.1) is 0 Å². The molecule has 2 saturated heterocycles. The Morgan fingerprint density at radius 2 is 1.73 bits per heavy atom. The summed E-state index contributed by atoms with van der Waals surface area (Å²) in [5.74, 6) is -1.15. The Morgan fingerprint density at radius 3 is 2.36 bits per heavy atom. The molecule has 2 atom stereocenters. The Kier molecular flexibility index (Phi) is 13.5. The monoisotopic (exact) mass is 628 g/mol. The standard InChI is InChI=1S/C29H38N6O7.CH2O2/c1-3-42-29(40)34-16-14-33(15-17-34)28(39)22(11-12-25(36)37)31-27(38)23-18-24(35-13-7-10-21(35)19-41-2)32-26(30-23)20-8-5-4-6-9-20;2-1-3/h4-6,8-9,18,21-22H,3,7,10-17,19H2,1-2H3,(H,31,38)(H,36,37);1H,(H,2,3)/t21-,22+;/m1./s1. The van der Waals surface area contributed by atoms with Gasteiger partial charge in [0, 0.05) is 57.9 Å². The maximum atomic E-state index is 13.6. The number of methoxy groups -OCH3 is 1. The normalized spacial score (nSPS) is 16.7. The number of carbonyl (C=O) groups excluding carboxylic acids is 3. The minimum absolute atomic E-state index is 0.0715. The molecule has 3 amide bonds. The number of carboxylic acids is 1. The van der Waals surface area contributed by atoms with Crippen LogP contribution in [0.3, 0.4) is 0 Å². The van der Waals surface area contributed by atoms with E-state index in [1.807, 2.05) is 30.3 Å². The van der Waals surface area contributed by atoms with Crippen molar-refractivity contribution < 1.29 is 43.7 Å². The molecule has 2 aromatic rings. The highest BCUT2D eigenvalue weighted by atomic mass is 16.6. The third-order valence-electron chi connectivity index (χ3n) is 7.38. The second-order valence-corrected chi connectivity index (χ2v) is 10.3. The first kappa shape index (κ1) is 34.7. The molecule has 0 radical (unpaired) electrons. The molecule has 3 N–H and O–H groups in total. The Hall–Kier alpha value is -4.79. The van der Waals surface area contributed by atoms with E-state index in [0.29, 0.717) is 18.2 Å². The summed E-state index contributed by atoms with van der Waals surface area (Å²) >= 11 is 0. The minimum atomic E-state index is -1.09. The summed E-state index contributed by atoms with van der Waals surface area (Å²) in [5.41, 5.74) is 0.802. The number of aliphatic carboxylic acids is 1. The first-order valence-electron chi connectivity index (χ1n) is 14.7. The molecular formula is C30H40N6O9. The van der Waals surface area contributed by atoms with E-state index in [-0.39, 0.29) is 63.8 Å². The van der Waals surface area contributed by atoms with Crippen LogP contribution in [0.2, 0.25) is 0 Å². The predicted octanol–water partition coefficient (Wildman–Crippen LogP) is 1.72. The highest BCUT2D eigenvalue weighted by Gasteiger charge is 2.32. The van der Waals surface area contributed by atoms with Gasteiger partial charge in [-0.15, -0.1) is 0 Å². The molecule has 2 aliphatic heterocycles. The van der Waals surface area contributed by atoms with Gasteiger partial charge in [-0.2, -0.15) is 0 Å². The van der Waals surface area contributed by atoms with E-state index in [1.165, 1.54) is 9.80 Å². The summed E-state index contributed by atoms with van der Waals surface area (Å²) in [6.07, 6.45) is 1.03. The maximum absolute atomic E-state index is 13.6. The molecule has 15 nitrogen and oxygen atoms in total. The molecule has 45 heavy (non-hydrogen) atoms. The van der Waals surface area contributed by atoms with Crippen LogP contribution in [0.1, 0.15) is 43.1 Å². The second-order valence-electron chi connectivity index (χ2n) is 10.3. The van der Waals surface area contributed by atoms with Crippen LogP contribution in [0.5, 0.6) is 0 Å². The van der Waals surface area contributed by atoms with Gasteiger partial charge in [0.25, 0.3) is 12.4 Å². The number of anilines is 1. The van der Waals surface area contributed by atoms with Crippen molar-refractivity contribution in [1.82, 2.24) is 25.1 Å². The van der Waals surface area contributed by atoms with E-state index < -0.39 is 29.9 Å². The van der Waals surface area contributed by atoms with Gasteiger partial charge in [0.1, 0.15) is 17.6 Å². The molecule has 1 aromatic heterocycles. The van der Waals surface area contributed by atoms with Gasteiger partial charge in [-0.05, 0) is 26.2 Å². The molecule has 0 spiro atoms. The highest BCUT2D eigenvalue weighted by molar-refractivity contribution is 5.97. The van der Waals surface area contributed by atoms with Crippen molar-refractivity contribution in [3.8, 4) is 11.4 Å². The average Bonchev–Trinajstić information content (AvgIpc) is 3.52. The summed E-state index contributed by atoms with van der Waals surface area (Å²) in [6.45, 7) is 4.02. The number of carbonyl (C=O) groups is 5. The molecule has 3 heterocycles. The number of nitrogens with one attached hydrogen (secondary N) is 1. The largest absolute Gasteiger partial charge is 0.483 e. The Bertz CT molecular complexity index is 1300. The Balaban J connectivity index is 0.00000177. The van der Waals surface area contributed by atoms with Crippen molar-refractivity contribution >= 4 is 36.2 Å². The average molecular weight is 629 g/mol. The van der Waals surface area contributed by atoms with Crippen LogP contribution in [0.4, 0.5) is 10.6 Å². The third-order valence-corrected chi connectivity index (χ3v) is 7.38. The van der Waals surface area contributed by atoms with Crippen molar-refractivity contribution in [3.05, 3.63) is 42.1 Å². The molecule has 0 saturated carbocycles. The SMILES string of the molecule is CCOC(=O)N1CCN(C(=O)[C@H](CCC(=O)O)NC(=O)c2cc(N3CCC[C@@H]3COC)nc(-c3ccccc3)n2)CC1.O=CO. The number of aromatic nitrogens is 2. The number of amides is 3. The van der Waals surface area contributed by atoms with Crippen LogP contribution in [0.15, 0.2) is 36.4 Å². The zero-order valence-corrected chi connectivity index (χ0v) is 25.5. The molecule has 0 aliphatic carbocycles. The number of hydrogen-bond acceptors (Lipinski definition) is 10. The molecule has 244 valence electrons. The lowest BCUT2D eigenvalue weighted by Crippen LogP contribution is -2.56. The van der Waals surface area contributed by atoms with E-state index in [1.54, 1.807) is 20.1 Å². The van der Waals surface area contributed by atoms with Crippen LogP contribution >= 0.6 is 0 Å². The highest BCUT2D eigenvalue weighted by Crippen LogP contribution is 2.27. The molecule has 0 bridgehead atoms. The molecule has 0 unspecified atom stereocenters. The minimum Gasteiger partial charge on any atom is -0.483 e. The van der Waals surface area contributed by atoms with Gasteiger partial charge < -0.3 is 39.7 Å². The van der Waals surface area contributed by atoms with E-state index in [4.69, 9.17) is 24.4 Å². The van der Waals surface area contributed by atoms with Crippen LogP contribution in [0.25, 0.3) is 11.4 Å². The zero-order chi connectivity index (χ0) is 32.8. The first-order chi connectivity index (χ1) is 21.7. The number of benzene rings is 1. The smallest absolute Gasteiger partial charge is 0.409 e. The summed E-state index contributed by atoms with van der Waals surface area (Å²) in [4.78, 5) is 73.4. The van der Waals surface area contributed by atoms with Crippen molar-refractivity contribution in [2.45, 2.75) is 44.7 Å². The fraction of sp³-hybridized carbons (Fsp3) is 0.500. The molecule has 1 aromatic carbocycles. The predicted molar refractivity (Wildman–Crippen MR) is 162 cm³/mol.